The maximum Gasteiger partial charge on any atom is 0.410 e. The molecule has 0 aliphatic carbocycles. The van der Waals surface area contributed by atoms with Crippen LogP contribution in [0.3, 0.4) is 0 Å². The minimum atomic E-state index is -0.649. The van der Waals surface area contributed by atoms with E-state index in [0.717, 1.165) is 16.7 Å². The van der Waals surface area contributed by atoms with Crippen LogP contribution in [-0.4, -0.2) is 69.4 Å². The van der Waals surface area contributed by atoms with E-state index in [1.165, 1.54) is 0 Å². The molecule has 206 valence electrons. The smallest absolute Gasteiger partial charge is 0.410 e. The Kier molecular flexibility index (Phi) is 7.55. The lowest BCUT2D eigenvalue weighted by atomic mass is 9.93. The Bertz CT molecular complexity index is 1440. The number of carbonyl (C=O) groups excluding carboxylic acids is 2. The van der Waals surface area contributed by atoms with Gasteiger partial charge in [-0.05, 0) is 58.6 Å². The highest BCUT2D eigenvalue weighted by molar-refractivity contribution is 5.89. The number of esters is 1. The molecule has 1 fully saturated rings. The number of nitrogens with zero attached hydrogens (tertiary/aromatic N) is 6. The number of nitriles is 1. The lowest BCUT2D eigenvalue weighted by Gasteiger charge is -2.39. The highest BCUT2D eigenvalue weighted by atomic mass is 16.6. The molecule has 1 amide bonds. The van der Waals surface area contributed by atoms with Crippen LogP contribution >= 0.6 is 0 Å². The lowest BCUT2D eigenvalue weighted by Crippen LogP contribution is -2.52. The van der Waals surface area contributed by atoms with E-state index in [2.05, 4.69) is 28.0 Å². The number of hydrogen-bond donors (Lipinski definition) is 0. The van der Waals surface area contributed by atoms with Crippen LogP contribution in [0.2, 0.25) is 0 Å². The fourth-order valence-corrected chi connectivity index (χ4v) is 5.21. The van der Waals surface area contributed by atoms with E-state index < -0.39 is 17.1 Å². The second kappa shape index (κ2) is 10.6. The summed E-state index contributed by atoms with van der Waals surface area (Å²) in [5.41, 5.74) is 2.00. The van der Waals surface area contributed by atoms with Crippen molar-refractivity contribution < 1.29 is 19.1 Å². The first-order chi connectivity index (χ1) is 18.5. The summed E-state index contributed by atoms with van der Waals surface area (Å²) in [6.07, 6.45) is 1.04. The van der Waals surface area contributed by atoms with Gasteiger partial charge in [0.1, 0.15) is 23.1 Å². The largest absolute Gasteiger partial charge is 0.460 e. The van der Waals surface area contributed by atoms with Crippen LogP contribution in [-0.2, 0) is 9.47 Å². The molecule has 39 heavy (non-hydrogen) atoms. The SMILES string of the molecule is CCOC(=O)c1nc2c(C#N)c(C)c(-c3ccccc3)c(N3CCC(CC)(N(C)C(=O)OC(C)(C)C)C3)n2n1. The number of fused-ring (bicyclic) bond motifs is 1. The molecule has 0 N–H and O–H groups in total. The molecule has 1 atom stereocenters. The third-order valence-corrected chi connectivity index (χ3v) is 7.31. The predicted molar refractivity (Wildman–Crippen MR) is 148 cm³/mol. The third-order valence-electron chi connectivity index (χ3n) is 7.31. The summed E-state index contributed by atoms with van der Waals surface area (Å²) in [4.78, 5) is 34.0. The second-order valence-electron chi connectivity index (χ2n) is 10.9. The van der Waals surface area contributed by atoms with Crippen LogP contribution in [0, 0.1) is 18.3 Å². The Morgan fingerprint density at radius 3 is 2.49 bits per heavy atom. The molecule has 3 aromatic rings. The van der Waals surface area contributed by atoms with Gasteiger partial charge in [0.15, 0.2) is 5.65 Å². The molecular formula is C29H36N6O4. The first-order valence-electron chi connectivity index (χ1n) is 13.2. The molecule has 10 nitrogen and oxygen atoms in total. The maximum atomic E-state index is 13.1. The molecular weight excluding hydrogens is 496 g/mol. The number of aromatic nitrogens is 3. The molecule has 1 unspecified atom stereocenters. The molecule has 10 heteroatoms. The topological polar surface area (TPSA) is 113 Å². The van der Waals surface area contributed by atoms with E-state index in [4.69, 9.17) is 9.47 Å². The van der Waals surface area contributed by atoms with E-state index in [0.29, 0.717) is 43.0 Å². The summed E-state index contributed by atoms with van der Waals surface area (Å²) in [7, 11) is 1.78. The van der Waals surface area contributed by atoms with Gasteiger partial charge in [-0.1, -0.05) is 37.3 Å². The van der Waals surface area contributed by atoms with Crippen molar-refractivity contribution in [3.63, 3.8) is 0 Å². The number of pyridine rings is 1. The summed E-state index contributed by atoms with van der Waals surface area (Å²) in [5.74, 6) is -0.0429. The van der Waals surface area contributed by atoms with Crippen molar-refractivity contribution in [2.24, 2.45) is 0 Å². The number of hydrogen-bond acceptors (Lipinski definition) is 8. The number of benzene rings is 1. The number of ether oxygens (including phenoxy) is 2. The van der Waals surface area contributed by atoms with Gasteiger partial charge in [0.05, 0.1) is 12.1 Å². The Balaban J connectivity index is 1.91. The molecule has 1 saturated heterocycles. The van der Waals surface area contributed by atoms with Crippen molar-refractivity contribution in [3.8, 4) is 17.2 Å². The summed E-state index contributed by atoms with van der Waals surface area (Å²) in [6, 6.07) is 12.1. The van der Waals surface area contributed by atoms with Crippen LogP contribution in [0.5, 0.6) is 0 Å². The maximum absolute atomic E-state index is 13.1. The fraction of sp³-hybridized carbons (Fsp3) is 0.483. The zero-order chi connectivity index (χ0) is 28.5. The number of amides is 1. The predicted octanol–water partition coefficient (Wildman–Crippen LogP) is 4.98. The van der Waals surface area contributed by atoms with Gasteiger partial charge in [-0.2, -0.15) is 14.8 Å². The molecule has 0 spiro atoms. The lowest BCUT2D eigenvalue weighted by molar-refractivity contribution is 0.00777. The van der Waals surface area contributed by atoms with E-state index in [1.807, 2.05) is 58.0 Å². The molecule has 1 aliphatic heterocycles. The first kappa shape index (κ1) is 27.9. The molecule has 0 radical (unpaired) electrons. The van der Waals surface area contributed by atoms with Gasteiger partial charge >= 0.3 is 12.1 Å². The molecule has 2 aromatic heterocycles. The monoisotopic (exact) mass is 532 g/mol. The fourth-order valence-electron chi connectivity index (χ4n) is 5.21. The number of carbonyl (C=O) groups is 2. The Labute approximate surface area is 229 Å². The Morgan fingerprint density at radius 1 is 1.21 bits per heavy atom. The average molecular weight is 533 g/mol. The highest BCUT2D eigenvalue weighted by Gasteiger charge is 2.45. The zero-order valence-corrected chi connectivity index (χ0v) is 23.7. The van der Waals surface area contributed by atoms with Crippen molar-refractivity contribution in [3.05, 3.63) is 47.3 Å². The number of rotatable bonds is 6. The highest BCUT2D eigenvalue weighted by Crippen LogP contribution is 2.41. The number of likely N-dealkylation sites (N-methyl/N-ethyl adjacent to an activating group) is 1. The molecule has 1 aromatic carbocycles. The summed E-state index contributed by atoms with van der Waals surface area (Å²) < 4.78 is 12.4. The van der Waals surface area contributed by atoms with Gasteiger partial charge in [-0.3, -0.25) is 0 Å². The quantitative estimate of drug-likeness (QED) is 0.409. The van der Waals surface area contributed by atoms with Crippen LogP contribution in [0.25, 0.3) is 16.8 Å². The summed E-state index contributed by atoms with van der Waals surface area (Å²) in [5, 5.41) is 14.7. The molecule has 4 rings (SSSR count). The first-order valence-corrected chi connectivity index (χ1v) is 13.2. The van der Waals surface area contributed by atoms with E-state index in [-0.39, 0.29) is 18.5 Å². The van der Waals surface area contributed by atoms with Crippen molar-refractivity contribution in [1.29, 1.82) is 5.26 Å². The van der Waals surface area contributed by atoms with Crippen LogP contribution in [0.4, 0.5) is 10.6 Å². The van der Waals surface area contributed by atoms with Gasteiger partial charge in [0.25, 0.3) is 5.82 Å². The standard InChI is InChI=1S/C29H36N6O4/c1-8-29(33(7)27(37)39-28(4,5)6)15-16-34(18-29)25-22(20-13-11-10-12-14-20)19(3)21(17-30)24-31-23(32-35(24)25)26(36)38-9-2/h10-14H,8-9,15-16,18H2,1-7H3. The zero-order valence-electron chi connectivity index (χ0n) is 23.7. The van der Waals surface area contributed by atoms with E-state index in [1.54, 1.807) is 23.4 Å². The van der Waals surface area contributed by atoms with Gasteiger partial charge in [-0.25, -0.2) is 9.59 Å². The van der Waals surface area contributed by atoms with Crippen molar-refractivity contribution >= 4 is 23.5 Å². The van der Waals surface area contributed by atoms with Gasteiger partial charge < -0.3 is 19.3 Å². The van der Waals surface area contributed by atoms with Gasteiger partial charge in [-0.15, -0.1) is 5.10 Å². The minimum absolute atomic E-state index is 0.106. The summed E-state index contributed by atoms with van der Waals surface area (Å²) in [6.45, 7) is 12.5. The third kappa shape index (κ3) is 5.13. The van der Waals surface area contributed by atoms with Crippen molar-refractivity contribution in [1.82, 2.24) is 19.5 Å². The number of anilines is 1. The minimum Gasteiger partial charge on any atom is -0.460 e. The van der Waals surface area contributed by atoms with Crippen LogP contribution in [0.15, 0.2) is 30.3 Å². The molecule has 1 aliphatic rings. The normalized spacial score (nSPS) is 17.2. The van der Waals surface area contributed by atoms with Crippen molar-refractivity contribution in [2.45, 2.75) is 65.5 Å². The molecule has 0 bridgehead atoms. The van der Waals surface area contributed by atoms with E-state index >= 15 is 0 Å². The molecule has 3 heterocycles. The van der Waals surface area contributed by atoms with Crippen LogP contribution in [0.1, 0.15) is 69.2 Å². The second-order valence-corrected chi connectivity index (χ2v) is 10.9. The summed E-state index contributed by atoms with van der Waals surface area (Å²) >= 11 is 0. The van der Waals surface area contributed by atoms with E-state index in [9.17, 15) is 14.9 Å². The average Bonchev–Trinajstić information content (AvgIpc) is 3.53. The van der Waals surface area contributed by atoms with Crippen molar-refractivity contribution in [2.75, 3.05) is 31.6 Å². The van der Waals surface area contributed by atoms with Crippen LogP contribution < -0.4 is 4.90 Å². The molecule has 0 saturated carbocycles. The van der Waals surface area contributed by atoms with Gasteiger partial charge in [0, 0.05) is 25.7 Å². The Morgan fingerprint density at radius 2 is 1.90 bits per heavy atom. The van der Waals surface area contributed by atoms with Gasteiger partial charge in [0.2, 0.25) is 0 Å². The Hall–Kier alpha value is -4.13.